The van der Waals surface area contributed by atoms with E-state index in [0.29, 0.717) is 24.3 Å². The predicted octanol–water partition coefficient (Wildman–Crippen LogP) is 8.09. The lowest BCUT2D eigenvalue weighted by atomic mass is 9.51. The molecule has 3 aromatic rings. The van der Waals surface area contributed by atoms with Crippen molar-refractivity contribution in [2.24, 2.45) is 17.3 Å². The third-order valence-corrected chi connectivity index (χ3v) is 12.4. The zero-order valence-electron chi connectivity index (χ0n) is 29.4. The fourth-order valence-corrected chi connectivity index (χ4v) is 9.91. The number of imidazole rings is 1. The van der Waals surface area contributed by atoms with Crippen molar-refractivity contribution in [1.29, 1.82) is 5.26 Å². The van der Waals surface area contributed by atoms with Crippen LogP contribution in [0.4, 0.5) is 5.69 Å². The fraction of sp³-hybridized carbons (Fsp3) is 0.465. The Balaban J connectivity index is 0.000000186. The van der Waals surface area contributed by atoms with Gasteiger partial charge in [0.05, 0.1) is 24.0 Å². The fourth-order valence-electron chi connectivity index (χ4n) is 9.91. The lowest BCUT2D eigenvalue weighted by molar-refractivity contribution is -0.114. The minimum atomic E-state index is -0.914. The molecule has 1 N–H and O–H groups in total. The highest BCUT2D eigenvalue weighted by atomic mass is 16.3. The van der Waals surface area contributed by atoms with E-state index in [9.17, 15) is 9.90 Å². The van der Waals surface area contributed by atoms with Crippen molar-refractivity contribution in [3.05, 3.63) is 106 Å². The molecule has 2 heterocycles. The monoisotopic (exact) mass is 652 g/mol. The predicted molar refractivity (Wildman–Crippen MR) is 194 cm³/mol. The molecule has 4 aliphatic carbocycles. The highest BCUT2D eigenvalue weighted by Crippen LogP contribution is 2.66. The first-order valence-electron chi connectivity index (χ1n) is 18.1. The third kappa shape index (κ3) is 5.85. The second kappa shape index (κ2) is 13.1. The molecule has 0 bridgehead atoms. The van der Waals surface area contributed by atoms with Gasteiger partial charge in [0.2, 0.25) is 0 Å². The molecule has 6 atom stereocenters. The number of benzene rings is 2. The van der Waals surface area contributed by atoms with Gasteiger partial charge in [0.25, 0.3) is 0 Å². The van der Waals surface area contributed by atoms with Crippen LogP contribution in [0, 0.1) is 40.4 Å². The average molecular weight is 653 g/mol. The van der Waals surface area contributed by atoms with Gasteiger partial charge < -0.3 is 14.6 Å². The van der Waals surface area contributed by atoms with Crippen molar-refractivity contribution >= 4 is 11.5 Å². The Morgan fingerprint density at radius 3 is 2.45 bits per heavy atom. The topological polar surface area (TPSA) is 82.2 Å². The molecule has 1 unspecified atom stereocenters. The second-order valence-electron chi connectivity index (χ2n) is 15.2. The molecule has 252 valence electrons. The Bertz CT molecular complexity index is 1900. The molecule has 6 nitrogen and oxygen atoms in total. The highest BCUT2D eigenvalue weighted by Gasteiger charge is 2.62. The smallest absolute Gasteiger partial charge is 0.156 e. The summed E-state index contributed by atoms with van der Waals surface area (Å²) in [5.41, 5.74) is 9.01. The zero-order valence-corrected chi connectivity index (χ0v) is 29.4. The minimum Gasteiger partial charge on any atom is -0.378 e. The van der Waals surface area contributed by atoms with Crippen molar-refractivity contribution in [1.82, 2.24) is 9.55 Å². The molecule has 1 aliphatic heterocycles. The van der Waals surface area contributed by atoms with Gasteiger partial charge in [-0.1, -0.05) is 42.7 Å². The molecule has 0 amide bonds. The number of nitrogens with zero attached hydrogens (tertiary/aromatic N) is 4. The molecule has 2 saturated carbocycles. The number of allylic oxidation sites excluding steroid dienone is 4. The molecule has 5 aliphatic rings. The Hall–Kier alpha value is -4.39. The summed E-state index contributed by atoms with van der Waals surface area (Å²) in [6, 6.07) is 19.4. The van der Waals surface area contributed by atoms with Crippen LogP contribution in [-0.2, 0) is 11.2 Å². The zero-order chi connectivity index (χ0) is 34.3. The van der Waals surface area contributed by atoms with Crippen molar-refractivity contribution in [2.75, 3.05) is 19.0 Å². The molecule has 0 spiro atoms. The quantitative estimate of drug-likeness (QED) is 0.289. The summed E-state index contributed by atoms with van der Waals surface area (Å²) >= 11 is 0. The van der Waals surface area contributed by atoms with Crippen molar-refractivity contribution in [3.63, 3.8) is 0 Å². The number of aliphatic hydroxyl groups is 1. The maximum atomic E-state index is 12.2. The van der Waals surface area contributed by atoms with Crippen LogP contribution in [0.25, 0.3) is 0 Å². The second-order valence-corrected chi connectivity index (χ2v) is 15.2. The summed E-state index contributed by atoms with van der Waals surface area (Å²) in [5, 5.41) is 20.5. The van der Waals surface area contributed by atoms with Gasteiger partial charge in [-0.2, -0.15) is 5.26 Å². The van der Waals surface area contributed by atoms with Crippen LogP contribution in [0.1, 0.15) is 106 Å². The molecule has 8 rings (SSSR count). The molecular formula is C43H48N4O2. The number of aryl methyl sites for hydroxylation is 1. The minimum absolute atomic E-state index is 0.221. The van der Waals surface area contributed by atoms with Crippen molar-refractivity contribution in [3.8, 4) is 17.9 Å². The van der Waals surface area contributed by atoms with E-state index in [1.807, 2.05) is 37.7 Å². The largest absolute Gasteiger partial charge is 0.378 e. The molecular weight excluding hydrogens is 604 g/mol. The van der Waals surface area contributed by atoms with Crippen LogP contribution < -0.4 is 4.90 Å². The number of anilines is 1. The van der Waals surface area contributed by atoms with Crippen LogP contribution >= 0.6 is 0 Å². The number of hydrogen-bond acceptors (Lipinski definition) is 5. The summed E-state index contributed by atoms with van der Waals surface area (Å²) in [7, 11) is 4.14. The number of nitriles is 1. The van der Waals surface area contributed by atoms with E-state index in [1.165, 1.54) is 40.1 Å². The third-order valence-electron chi connectivity index (χ3n) is 12.4. The number of ketones is 1. The summed E-state index contributed by atoms with van der Waals surface area (Å²) in [6.07, 6.45) is 15.6. The number of fused-ring (bicyclic) bond motifs is 5. The van der Waals surface area contributed by atoms with E-state index in [2.05, 4.69) is 89.8 Å². The van der Waals surface area contributed by atoms with E-state index < -0.39 is 5.60 Å². The first kappa shape index (κ1) is 33.1. The van der Waals surface area contributed by atoms with Gasteiger partial charge in [0.15, 0.2) is 5.78 Å². The average Bonchev–Trinajstić information content (AvgIpc) is 3.70. The maximum Gasteiger partial charge on any atom is 0.156 e. The van der Waals surface area contributed by atoms with Gasteiger partial charge in [0, 0.05) is 49.4 Å². The summed E-state index contributed by atoms with van der Waals surface area (Å²) in [4.78, 5) is 18.5. The molecule has 49 heavy (non-hydrogen) atoms. The number of hydrogen-bond donors (Lipinski definition) is 1. The number of aromatic nitrogens is 2. The lowest BCUT2D eigenvalue weighted by Crippen LogP contribution is -2.51. The van der Waals surface area contributed by atoms with Gasteiger partial charge >= 0.3 is 0 Å². The van der Waals surface area contributed by atoms with Gasteiger partial charge in [0.1, 0.15) is 5.60 Å². The molecule has 6 heteroatoms. The Morgan fingerprint density at radius 1 is 0.980 bits per heavy atom. The molecule has 2 aromatic carbocycles. The van der Waals surface area contributed by atoms with E-state index in [0.717, 1.165) is 56.9 Å². The number of carbonyl (C=O) groups is 1. The van der Waals surface area contributed by atoms with Crippen molar-refractivity contribution < 1.29 is 9.90 Å². The first-order chi connectivity index (χ1) is 23.7. The number of rotatable bonds is 3. The van der Waals surface area contributed by atoms with E-state index in [1.54, 1.807) is 5.57 Å². The number of carbonyl (C=O) groups excluding carboxylic acids is 1. The molecule has 1 aromatic heterocycles. The standard InChI is InChI=1S/C29H35NO2.C14H13N3/c1-5-15-29(32)16-14-26-24-12-8-20-17-22(31)11-13-23(20)27(24)25(18-28(26,29)2)19-6-9-21(10-7-19)30(3)4;15-8-11-4-6-12(7-5-11)14-3-1-2-13-9-16-10-17(13)14/h6-7,9-10,17,24-26,32H,8,11-14,16,18H2,1-4H3;4-7,9-10,14H,1-3H2/t24-,25+,26-,28-,29-;/m0./s1. The van der Waals surface area contributed by atoms with Gasteiger partial charge in [-0.25, -0.2) is 4.98 Å². The summed E-state index contributed by atoms with van der Waals surface area (Å²) < 4.78 is 2.25. The van der Waals surface area contributed by atoms with Crippen molar-refractivity contribution in [2.45, 2.75) is 95.6 Å². The van der Waals surface area contributed by atoms with E-state index in [-0.39, 0.29) is 17.1 Å². The van der Waals surface area contributed by atoms with E-state index in [4.69, 9.17) is 5.26 Å². The summed E-state index contributed by atoms with van der Waals surface area (Å²) in [5.74, 6) is 7.76. The van der Waals surface area contributed by atoms with E-state index >= 15 is 0 Å². The Labute approximate surface area is 291 Å². The van der Waals surface area contributed by atoms with Crippen LogP contribution in [0.5, 0.6) is 0 Å². The lowest BCUT2D eigenvalue weighted by Gasteiger charge is -2.53. The van der Waals surface area contributed by atoms with Crippen LogP contribution in [0.2, 0.25) is 0 Å². The SMILES string of the molecule is CC#C[C@]1(O)CC[C@H]2[C@@H]3CCC4=CC(=O)CCC4=C3[C@@H](c3ccc(N(C)C)cc3)C[C@@]21C.N#Cc1ccc(C2CCCc3cncn32)cc1. The molecule has 0 radical (unpaired) electrons. The molecule has 2 fully saturated rings. The maximum absolute atomic E-state index is 12.2. The van der Waals surface area contributed by atoms with Crippen LogP contribution in [0.15, 0.2) is 83.9 Å². The Kier molecular flexibility index (Phi) is 8.89. The Morgan fingerprint density at radius 2 is 1.73 bits per heavy atom. The highest BCUT2D eigenvalue weighted by molar-refractivity contribution is 5.93. The normalized spacial score (nSPS) is 29.8. The van der Waals surface area contributed by atoms with Crippen LogP contribution in [-0.4, -0.2) is 40.1 Å². The van der Waals surface area contributed by atoms with Gasteiger partial charge in [-0.15, -0.1) is 5.92 Å². The van der Waals surface area contributed by atoms with Crippen LogP contribution in [0.3, 0.4) is 0 Å². The summed E-state index contributed by atoms with van der Waals surface area (Å²) in [6.45, 7) is 4.15. The molecule has 0 saturated heterocycles. The van der Waals surface area contributed by atoms with Gasteiger partial charge in [-0.05, 0) is 129 Å². The first-order valence-corrected chi connectivity index (χ1v) is 18.1. The van der Waals surface area contributed by atoms with Gasteiger partial charge in [-0.3, -0.25) is 4.79 Å².